The van der Waals surface area contributed by atoms with Gasteiger partial charge < -0.3 is 15.5 Å². The number of carbonyl (C=O) groups excluding carboxylic acids is 2. The van der Waals surface area contributed by atoms with Crippen LogP contribution in [0.15, 0.2) is 42.5 Å². The first-order chi connectivity index (χ1) is 14.3. The van der Waals surface area contributed by atoms with Gasteiger partial charge in [-0.25, -0.2) is 0 Å². The van der Waals surface area contributed by atoms with Crippen LogP contribution in [0.25, 0.3) is 0 Å². The van der Waals surface area contributed by atoms with Gasteiger partial charge in [0.15, 0.2) is 0 Å². The molecule has 160 valence electrons. The summed E-state index contributed by atoms with van der Waals surface area (Å²) < 4.78 is 0. The molecule has 1 atom stereocenters. The maximum atomic E-state index is 12.5. The lowest BCUT2D eigenvalue weighted by atomic mass is 10.0. The van der Waals surface area contributed by atoms with E-state index in [-0.39, 0.29) is 6.04 Å². The topological polar surface area (TPSA) is 64.7 Å². The Morgan fingerprint density at radius 1 is 0.967 bits per heavy atom. The van der Waals surface area contributed by atoms with Gasteiger partial charge in [0.05, 0.1) is 6.04 Å². The van der Waals surface area contributed by atoms with Crippen molar-refractivity contribution in [3.05, 3.63) is 59.2 Å². The summed E-state index contributed by atoms with van der Waals surface area (Å²) in [5, 5.41) is 5.55. The van der Waals surface area contributed by atoms with Crippen LogP contribution in [-0.2, 0) is 9.59 Å². The Labute approximate surface area is 179 Å². The highest BCUT2D eigenvalue weighted by Gasteiger charge is 2.25. The van der Waals surface area contributed by atoms with Crippen molar-refractivity contribution in [1.29, 1.82) is 0 Å². The number of benzene rings is 2. The minimum absolute atomic E-state index is 0.0571. The van der Waals surface area contributed by atoms with Gasteiger partial charge in [-0.3, -0.25) is 14.5 Å². The Balaban J connectivity index is 1.65. The molecule has 2 aromatic carbocycles. The first kappa shape index (κ1) is 21.8. The Morgan fingerprint density at radius 3 is 2.13 bits per heavy atom. The Morgan fingerprint density at radius 2 is 1.57 bits per heavy atom. The second-order valence-corrected chi connectivity index (χ2v) is 8.29. The van der Waals surface area contributed by atoms with Crippen molar-refractivity contribution < 1.29 is 9.59 Å². The molecule has 6 nitrogen and oxygen atoms in total. The molecule has 2 amide bonds. The largest absolute Gasteiger partial charge is 0.378 e. The molecule has 0 spiro atoms. The molecule has 1 heterocycles. The van der Waals surface area contributed by atoms with Crippen LogP contribution in [0.3, 0.4) is 0 Å². The maximum absolute atomic E-state index is 12.5. The first-order valence-corrected chi connectivity index (χ1v) is 10.5. The molecule has 0 saturated carbocycles. The van der Waals surface area contributed by atoms with Gasteiger partial charge in [0.2, 0.25) is 0 Å². The average molecular weight is 409 g/mol. The monoisotopic (exact) mass is 408 g/mol. The van der Waals surface area contributed by atoms with E-state index in [0.29, 0.717) is 12.2 Å². The average Bonchev–Trinajstić information content (AvgIpc) is 3.22. The van der Waals surface area contributed by atoms with E-state index in [2.05, 4.69) is 44.7 Å². The molecule has 6 heteroatoms. The molecule has 3 rings (SSSR count). The highest BCUT2D eigenvalue weighted by molar-refractivity contribution is 6.39. The lowest BCUT2D eigenvalue weighted by Gasteiger charge is -2.28. The van der Waals surface area contributed by atoms with Crippen LogP contribution in [0.1, 0.15) is 35.6 Å². The number of carbonyl (C=O) groups is 2. The molecule has 1 aliphatic rings. The Kier molecular flexibility index (Phi) is 7.11. The van der Waals surface area contributed by atoms with Gasteiger partial charge in [-0.2, -0.15) is 0 Å². The van der Waals surface area contributed by atoms with Crippen LogP contribution < -0.4 is 15.5 Å². The number of nitrogens with one attached hydrogen (secondary N) is 2. The number of hydrogen-bond acceptors (Lipinski definition) is 4. The molecule has 0 aliphatic carbocycles. The summed E-state index contributed by atoms with van der Waals surface area (Å²) in [4.78, 5) is 29.3. The van der Waals surface area contributed by atoms with Crippen LogP contribution in [-0.4, -0.2) is 50.4 Å². The number of anilines is 2. The summed E-state index contributed by atoms with van der Waals surface area (Å²) in [6.45, 7) is 6.34. The van der Waals surface area contributed by atoms with Crippen molar-refractivity contribution in [1.82, 2.24) is 10.2 Å². The van der Waals surface area contributed by atoms with Gasteiger partial charge in [0.25, 0.3) is 0 Å². The van der Waals surface area contributed by atoms with Crippen LogP contribution in [0.2, 0.25) is 0 Å². The van der Waals surface area contributed by atoms with Gasteiger partial charge >= 0.3 is 11.8 Å². The van der Waals surface area contributed by atoms with Gasteiger partial charge in [-0.15, -0.1) is 0 Å². The minimum atomic E-state index is -0.636. The van der Waals surface area contributed by atoms with Crippen LogP contribution in [0.5, 0.6) is 0 Å². The number of hydrogen-bond donors (Lipinski definition) is 2. The summed E-state index contributed by atoms with van der Waals surface area (Å²) in [7, 11) is 4.03. The van der Waals surface area contributed by atoms with E-state index >= 15 is 0 Å². The highest BCUT2D eigenvalue weighted by Crippen LogP contribution is 2.26. The maximum Gasteiger partial charge on any atom is 0.313 e. The zero-order valence-electron chi connectivity index (χ0n) is 18.4. The van der Waals surface area contributed by atoms with Crippen LogP contribution in [0.4, 0.5) is 11.4 Å². The zero-order valence-corrected chi connectivity index (χ0v) is 18.4. The summed E-state index contributed by atoms with van der Waals surface area (Å²) in [6.07, 6.45) is 2.32. The standard InChI is InChI=1S/C24H32N4O2/c1-17-13-18(2)15-20(14-17)26-24(30)23(29)25-16-22(28-11-5-6-12-28)19-7-9-21(10-8-19)27(3)4/h7-10,13-15,22H,5-6,11-12,16H2,1-4H3,(H,25,29)(H,26,30)/t22-/m0/s1. The van der Waals surface area contributed by atoms with Gasteiger partial charge in [0, 0.05) is 32.0 Å². The fourth-order valence-corrected chi connectivity index (χ4v) is 4.01. The van der Waals surface area contributed by atoms with Crippen molar-refractivity contribution in [2.75, 3.05) is 43.9 Å². The Hall–Kier alpha value is -2.86. The molecule has 1 fully saturated rings. The lowest BCUT2D eigenvalue weighted by Crippen LogP contribution is -2.41. The first-order valence-electron chi connectivity index (χ1n) is 10.5. The fraction of sp³-hybridized carbons (Fsp3) is 0.417. The molecular formula is C24H32N4O2. The quantitative estimate of drug-likeness (QED) is 0.720. The molecular weight excluding hydrogens is 376 g/mol. The SMILES string of the molecule is Cc1cc(C)cc(NC(=O)C(=O)NC[C@@H](c2ccc(N(C)C)cc2)N2CCCC2)c1. The fourth-order valence-electron chi connectivity index (χ4n) is 4.01. The number of rotatable bonds is 6. The Bertz CT molecular complexity index is 866. The predicted octanol–water partition coefficient (Wildman–Crippen LogP) is 3.26. The van der Waals surface area contributed by atoms with E-state index in [4.69, 9.17) is 0 Å². The van der Waals surface area contributed by atoms with E-state index in [1.54, 1.807) is 0 Å². The molecule has 0 aromatic heterocycles. The van der Waals surface area contributed by atoms with Gasteiger partial charge in [-0.05, 0) is 80.7 Å². The molecule has 2 aromatic rings. The second-order valence-electron chi connectivity index (χ2n) is 8.29. The molecule has 0 bridgehead atoms. The zero-order chi connectivity index (χ0) is 21.7. The number of amides is 2. The molecule has 1 saturated heterocycles. The molecule has 0 radical (unpaired) electrons. The van der Waals surface area contributed by atoms with Crippen molar-refractivity contribution in [2.45, 2.75) is 32.7 Å². The third-order valence-electron chi connectivity index (χ3n) is 5.52. The minimum Gasteiger partial charge on any atom is -0.378 e. The summed E-state index contributed by atoms with van der Waals surface area (Å²) in [5.74, 6) is -1.24. The van der Waals surface area contributed by atoms with Crippen molar-refractivity contribution in [2.24, 2.45) is 0 Å². The van der Waals surface area contributed by atoms with Gasteiger partial charge in [-0.1, -0.05) is 18.2 Å². The number of nitrogens with zero attached hydrogens (tertiary/aromatic N) is 2. The smallest absolute Gasteiger partial charge is 0.313 e. The highest BCUT2D eigenvalue weighted by atomic mass is 16.2. The third-order valence-corrected chi connectivity index (χ3v) is 5.52. The molecule has 2 N–H and O–H groups in total. The normalized spacial score (nSPS) is 14.9. The van der Waals surface area contributed by atoms with E-state index in [1.165, 1.54) is 0 Å². The second kappa shape index (κ2) is 9.76. The molecule has 1 aliphatic heterocycles. The van der Waals surface area contributed by atoms with Crippen molar-refractivity contribution in [3.63, 3.8) is 0 Å². The molecule has 30 heavy (non-hydrogen) atoms. The van der Waals surface area contributed by atoms with E-state index in [1.807, 2.05) is 46.1 Å². The number of likely N-dealkylation sites (tertiary alicyclic amines) is 1. The van der Waals surface area contributed by atoms with Crippen molar-refractivity contribution in [3.8, 4) is 0 Å². The van der Waals surface area contributed by atoms with E-state index < -0.39 is 11.8 Å². The summed E-state index contributed by atoms with van der Waals surface area (Å²) in [6, 6.07) is 14.2. The predicted molar refractivity (Wildman–Crippen MR) is 122 cm³/mol. The summed E-state index contributed by atoms with van der Waals surface area (Å²) >= 11 is 0. The van der Waals surface area contributed by atoms with Gasteiger partial charge in [0.1, 0.15) is 0 Å². The summed E-state index contributed by atoms with van der Waals surface area (Å²) in [5.41, 5.74) is 5.01. The van der Waals surface area contributed by atoms with Crippen molar-refractivity contribution >= 4 is 23.2 Å². The third kappa shape index (κ3) is 5.60. The van der Waals surface area contributed by atoms with Crippen LogP contribution in [0, 0.1) is 13.8 Å². The van der Waals surface area contributed by atoms with E-state index in [9.17, 15) is 9.59 Å². The molecule has 0 unspecified atom stereocenters. The van der Waals surface area contributed by atoms with Crippen LogP contribution >= 0.6 is 0 Å². The van der Waals surface area contributed by atoms with E-state index in [0.717, 1.165) is 48.3 Å². The lowest BCUT2D eigenvalue weighted by molar-refractivity contribution is -0.136. The number of aryl methyl sites for hydroxylation is 2.